The zero-order chi connectivity index (χ0) is 24.1. The van der Waals surface area contributed by atoms with Gasteiger partial charge >= 0.3 is 18.0 Å². The molecule has 0 bridgehead atoms. The van der Waals surface area contributed by atoms with Gasteiger partial charge in [-0.3, -0.25) is 14.2 Å². The molecule has 0 unspecified atom stereocenters. The minimum atomic E-state index is -6.14. The van der Waals surface area contributed by atoms with Gasteiger partial charge in [-0.1, -0.05) is 6.07 Å². The number of fused-ring (bicyclic) bond motifs is 1. The molecule has 0 spiro atoms. The number of carbonyl (C=O) groups excluding carboxylic acids is 1. The second kappa shape index (κ2) is 7.47. The molecule has 168 valence electrons. The minimum Gasteiger partial charge on any atom is -0.481 e. The highest BCUT2D eigenvalue weighted by Crippen LogP contribution is 2.43. The number of nitrogens with one attached hydrogen (secondary N) is 1. The van der Waals surface area contributed by atoms with Crippen LogP contribution in [0.25, 0.3) is 5.70 Å². The standard InChI is InChI=1S/C21H16F5N3O3/c1-11-12(10-27)7-8-13-15(11)16(29-9-5-4-6-14(29)30)17(19(2,3)32-13)28-18(31)20(22,23)21(24,25)26/h4-9H,1-3H3,(H,28,31). The lowest BCUT2D eigenvalue weighted by Crippen LogP contribution is -2.54. The van der Waals surface area contributed by atoms with Crippen molar-refractivity contribution in [3.05, 3.63) is 69.3 Å². The summed E-state index contributed by atoms with van der Waals surface area (Å²) in [6.07, 6.45) is -4.88. The number of aromatic nitrogens is 1. The van der Waals surface area contributed by atoms with E-state index in [2.05, 4.69) is 0 Å². The van der Waals surface area contributed by atoms with E-state index >= 15 is 0 Å². The summed E-state index contributed by atoms with van der Waals surface area (Å²) in [5, 5.41) is 11.0. The van der Waals surface area contributed by atoms with Crippen LogP contribution in [0.15, 0.2) is 47.0 Å². The Labute approximate surface area is 178 Å². The first-order chi connectivity index (χ1) is 14.7. The van der Waals surface area contributed by atoms with Crippen molar-refractivity contribution >= 4 is 11.6 Å². The number of halogens is 5. The first-order valence-electron chi connectivity index (χ1n) is 9.14. The summed E-state index contributed by atoms with van der Waals surface area (Å²) in [5.41, 5.74) is -2.42. The monoisotopic (exact) mass is 453 g/mol. The fraction of sp³-hybridized carbons (Fsp3) is 0.286. The second-order valence-corrected chi connectivity index (χ2v) is 7.49. The molecule has 1 aliphatic rings. The molecule has 0 radical (unpaired) electrons. The van der Waals surface area contributed by atoms with E-state index in [1.165, 1.54) is 51.2 Å². The third-order valence-electron chi connectivity index (χ3n) is 4.93. The number of nitriles is 1. The lowest BCUT2D eigenvalue weighted by atomic mass is 9.90. The number of ether oxygens (including phenoxy) is 1. The van der Waals surface area contributed by atoms with Crippen LogP contribution in [0.4, 0.5) is 22.0 Å². The third kappa shape index (κ3) is 3.62. The van der Waals surface area contributed by atoms with E-state index in [0.717, 1.165) is 10.6 Å². The molecular formula is C21H16F5N3O3. The summed E-state index contributed by atoms with van der Waals surface area (Å²) in [4.78, 5) is 24.6. The molecule has 0 atom stereocenters. The van der Waals surface area contributed by atoms with Crippen LogP contribution in [0.2, 0.25) is 0 Å². The molecule has 2 aromatic rings. The molecule has 1 aromatic carbocycles. The highest BCUT2D eigenvalue weighted by Gasteiger charge is 2.64. The van der Waals surface area contributed by atoms with Gasteiger partial charge in [0.15, 0.2) is 0 Å². The average Bonchev–Trinajstić information content (AvgIpc) is 2.68. The van der Waals surface area contributed by atoms with Gasteiger partial charge in [-0.05, 0) is 44.5 Å². The molecule has 0 saturated carbocycles. The maximum atomic E-state index is 13.7. The molecule has 0 fully saturated rings. The lowest BCUT2D eigenvalue weighted by molar-refractivity contribution is -0.269. The molecule has 1 aliphatic heterocycles. The number of pyridine rings is 1. The number of rotatable bonds is 3. The number of carbonyl (C=O) groups is 1. The van der Waals surface area contributed by atoms with Gasteiger partial charge in [0.1, 0.15) is 11.4 Å². The minimum absolute atomic E-state index is 0.0994. The van der Waals surface area contributed by atoms with Gasteiger partial charge in [-0.25, -0.2) is 0 Å². The van der Waals surface area contributed by atoms with Crippen molar-refractivity contribution < 1.29 is 31.5 Å². The number of benzene rings is 1. The number of hydrogen-bond donors (Lipinski definition) is 1. The van der Waals surface area contributed by atoms with E-state index in [-0.39, 0.29) is 28.1 Å². The molecule has 32 heavy (non-hydrogen) atoms. The van der Waals surface area contributed by atoms with Crippen molar-refractivity contribution in [2.75, 3.05) is 0 Å². The molecule has 1 amide bonds. The molecule has 1 N–H and O–H groups in total. The van der Waals surface area contributed by atoms with Crippen molar-refractivity contribution in [1.29, 1.82) is 5.26 Å². The first-order valence-corrected chi connectivity index (χ1v) is 9.14. The van der Waals surface area contributed by atoms with E-state index in [1.807, 2.05) is 6.07 Å². The maximum absolute atomic E-state index is 13.7. The van der Waals surface area contributed by atoms with Crippen LogP contribution < -0.4 is 15.6 Å². The Hall–Kier alpha value is -3.68. The summed E-state index contributed by atoms with van der Waals surface area (Å²) < 4.78 is 72.5. The third-order valence-corrected chi connectivity index (χ3v) is 4.93. The van der Waals surface area contributed by atoms with Crippen LogP contribution in [0.3, 0.4) is 0 Å². The highest BCUT2D eigenvalue weighted by molar-refractivity contribution is 5.90. The maximum Gasteiger partial charge on any atom is 0.463 e. The number of nitrogens with zero attached hydrogens (tertiary/aromatic N) is 2. The second-order valence-electron chi connectivity index (χ2n) is 7.49. The quantitative estimate of drug-likeness (QED) is 0.718. The van der Waals surface area contributed by atoms with Crippen molar-refractivity contribution in [3.8, 4) is 11.8 Å². The Bertz CT molecular complexity index is 1240. The fourth-order valence-corrected chi connectivity index (χ4v) is 3.31. The summed E-state index contributed by atoms with van der Waals surface area (Å²) in [7, 11) is 0. The smallest absolute Gasteiger partial charge is 0.463 e. The SMILES string of the molecule is Cc1c(C#N)ccc2c1C(n1ccccc1=O)=C(NC(=O)C(F)(F)C(F)(F)F)C(C)(C)O2. The fourth-order valence-electron chi connectivity index (χ4n) is 3.31. The summed E-state index contributed by atoms with van der Waals surface area (Å²) in [6.45, 7) is 4.16. The Kier molecular flexibility index (Phi) is 5.37. The number of amides is 1. The van der Waals surface area contributed by atoms with E-state index in [0.29, 0.717) is 0 Å². The van der Waals surface area contributed by atoms with Crippen molar-refractivity contribution in [3.63, 3.8) is 0 Å². The summed E-state index contributed by atoms with van der Waals surface area (Å²) >= 11 is 0. The van der Waals surface area contributed by atoms with Crippen LogP contribution in [-0.2, 0) is 4.79 Å². The lowest BCUT2D eigenvalue weighted by Gasteiger charge is -2.38. The molecule has 6 nitrogen and oxygen atoms in total. The van der Waals surface area contributed by atoms with Gasteiger partial charge in [-0.2, -0.15) is 27.2 Å². The number of alkyl halides is 5. The van der Waals surface area contributed by atoms with Crippen molar-refractivity contribution in [2.45, 2.75) is 38.5 Å². The Morgan fingerprint density at radius 2 is 1.81 bits per heavy atom. The van der Waals surface area contributed by atoms with Gasteiger partial charge in [0, 0.05) is 17.8 Å². The summed E-state index contributed by atoms with van der Waals surface area (Å²) in [6, 6.07) is 8.77. The van der Waals surface area contributed by atoms with E-state index < -0.39 is 34.9 Å². The van der Waals surface area contributed by atoms with Gasteiger partial charge in [0.2, 0.25) is 0 Å². The predicted octanol–water partition coefficient (Wildman–Crippen LogP) is 3.73. The van der Waals surface area contributed by atoms with Crippen LogP contribution in [0.1, 0.15) is 30.5 Å². The van der Waals surface area contributed by atoms with Gasteiger partial charge < -0.3 is 10.1 Å². The summed E-state index contributed by atoms with van der Waals surface area (Å²) in [5.74, 6) is -8.18. The normalized spacial score (nSPS) is 15.5. The predicted molar refractivity (Wildman–Crippen MR) is 103 cm³/mol. The van der Waals surface area contributed by atoms with Gasteiger partial charge in [-0.15, -0.1) is 0 Å². The Balaban J connectivity index is 2.38. The van der Waals surface area contributed by atoms with Crippen LogP contribution in [0.5, 0.6) is 5.75 Å². The van der Waals surface area contributed by atoms with Crippen molar-refractivity contribution in [1.82, 2.24) is 9.88 Å². The zero-order valence-electron chi connectivity index (χ0n) is 17.0. The molecule has 11 heteroatoms. The van der Waals surface area contributed by atoms with E-state index in [1.54, 1.807) is 5.32 Å². The average molecular weight is 453 g/mol. The van der Waals surface area contributed by atoms with Crippen molar-refractivity contribution in [2.24, 2.45) is 0 Å². The zero-order valence-corrected chi connectivity index (χ0v) is 17.0. The molecular weight excluding hydrogens is 437 g/mol. The molecule has 0 saturated heterocycles. The Morgan fingerprint density at radius 1 is 1.16 bits per heavy atom. The molecule has 2 heterocycles. The van der Waals surface area contributed by atoms with Crippen LogP contribution in [0, 0.1) is 18.3 Å². The van der Waals surface area contributed by atoms with Crippen LogP contribution in [-0.4, -0.2) is 28.2 Å². The van der Waals surface area contributed by atoms with Gasteiger partial charge in [0.05, 0.1) is 23.0 Å². The molecule has 3 rings (SSSR count). The van der Waals surface area contributed by atoms with E-state index in [4.69, 9.17) is 4.74 Å². The van der Waals surface area contributed by atoms with Crippen LogP contribution >= 0.6 is 0 Å². The van der Waals surface area contributed by atoms with Gasteiger partial charge in [0.25, 0.3) is 5.56 Å². The highest BCUT2D eigenvalue weighted by atomic mass is 19.4. The topological polar surface area (TPSA) is 84.1 Å². The first kappa shape index (κ1) is 23.0. The largest absolute Gasteiger partial charge is 0.481 e. The molecule has 0 aliphatic carbocycles. The number of hydrogen-bond acceptors (Lipinski definition) is 4. The Morgan fingerprint density at radius 3 is 2.38 bits per heavy atom. The molecule has 1 aromatic heterocycles. The van der Waals surface area contributed by atoms with E-state index in [9.17, 15) is 36.8 Å².